The predicted molar refractivity (Wildman–Crippen MR) is 146 cm³/mol. The van der Waals surface area contributed by atoms with Gasteiger partial charge in [0.15, 0.2) is 0 Å². The minimum absolute atomic E-state index is 0.0196. The number of carbonyl (C=O) groups excluding carboxylic acids is 2. The first-order valence-corrected chi connectivity index (χ1v) is 14.7. The molecule has 39 heavy (non-hydrogen) atoms. The van der Waals surface area contributed by atoms with E-state index in [1.54, 1.807) is 18.2 Å². The van der Waals surface area contributed by atoms with Crippen molar-refractivity contribution in [2.24, 2.45) is 5.14 Å². The summed E-state index contributed by atoms with van der Waals surface area (Å²) in [5.74, 6) is 0.254. The van der Waals surface area contributed by atoms with Gasteiger partial charge in [-0.2, -0.15) is 0 Å². The van der Waals surface area contributed by atoms with Gasteiger partial charge in [0.1, 0.15) is 23.7 Å². The van der Waals surface area contributed by atoms with Gasteiger partial charge in [-0.05, 0) is 68.1 Å². The number of halogens is 1. The number of hydrogen-bond acceptors (Lipinski definition) is 7. The maximum absolute atomic E-state index is 13.7. The summed E-state index contributed by atoms with van der Waals surface area (Å²) in [7, 11) is -2.65. The van der Waals surface area contributed by atoms with E-state index >= 15 is 0 Å². The van der Waals surface area contributed by atoms with Gasteiger partial charge in [-0.3, -0.25) is 9.59 Å². The zero-order valence-electron chi connectivity index (χ0n) is 22.2. The van der Waals surface area contributed by atoms with Crippen molar-refractivity contribution in [3.05, 3.63) is 52.5 Å². The Balaban J connectivity index is 1.61. The van der Waals surface area contributed by atoms with E-state index < -0.39 is 21.5 Å². The molecule has 1 atom stereocenters. The predicted octanol–water partition coefficient (Wildman–Crippen LogP) is 3.00. The summed E-state index contributed by atoms with van der Waals surface area (Å²) in [6, 6.07) is 9.17. The first-order valence-electron chi connectivity index (χ1n) is 12.8. The lowest BCUT2D eigenvalue weighted by atomic mass is 9.95. The molecule has 12 heteroatoms. The fraction of sp³-hybridized carbons (Fsp3) is 0.481. The number of rotatable bonds is 8. The third-order valence-corrected chi connectivity index (χ3v) is 8.41. The summed E-state index contributed by atoms with van der Waals surface area (Å²) in [6.45, 7) is 3.72. The zero-order valence-corrected chi connectivity index (χ0v) is 23.7. The lowest BCUT2D eigenvalue weighted by Gasteiger charge is -2.43. The molecule has 4 rings (SSSR count). The molecule has 0 radical (unpaired) electrons. The van der Waals surface area contributed by atoms with Crippen LogP contribution >= 0.6 is 11.6 Å². The van der Waals surface area contributed by atoms with E-state index in [1.165, 1.54) is 30.2 Å². The number of nitrogens with zero attached hydrogens (tertiary/aromatic N) is 2. The lowest BCUT2D eigenvalue weighted by molar-refractivity contribution is -0.153. The Morgan fingerprint density at radius 1 is 1.08 bits per heavy atom. The Labute approximate surface area is 234 Å². The average molecular weight is 580 g/mol. The van der Waals surface area contributed by atoms with Crippen molar-refractivity contribution < 1.29 is 32.2 Å². The van der Waals surface area contributed by atoms with Gasteiger partial charge in [-0.15, -0.1) is 0 Å². The number of primary sulfonamides is 1. The van der Waals surface area contributed by atoms with E-state index in [2.05, 4.69) is 0 Å². The normalized spacial score (nSPS) is 20.0. The van der Waals surface area contributed by atoms with Gasteiger partial charge < -0.3 is 24.0 Å². The fourth-order valence-electron chi connectivity index (χ4n) is 4.92. The van der Waals surface area contributed by atoms with Gasteiger partial charge in [-0.25, -0.2) is 13.6 Å². The third kappa shape index (κ3) is 7.02. The standard InChI is InChI=1S/C27H34ClN3O7S/c1-19-14-20(6-8-23(19)28)37-18-27(16-25(32)30-10-4-3-5-11-30)17-31(12-13-38-27)26(33)22-15-21(39(29,34)35)7-9-24(22)36-2/h6-9,14-15H,3-5,10-13,16-18H2,1-2H3,(H2,29,34,35)/t27-/m1/s1. The molecular weight excluding hydrogens is 546 g/mol. The van der Waals surface area contributed by atoms with Gasteiger partial charge in [0.05, 0.1) is 37.1 Å². The molecule has 0 bridgehead atoms. The number of carbonyl (C=O) groups is 2. The van der Waals surface area contributed by atoms with Crippen LogP contribution in [0.2, 0.25) is 5.02 Å². The maximum atomic E-state index is 13.7. The number of morpholine rings is 1. The van der Waals surface area contributed by atoms with Gasteiger partial charge in [0, 0.05) is 24.7 Å². The molecule has 2 aromatic rings. The number of aryl methyl sites for hydroxylation is 1. The van der Waals surface area contributed by atoms with Crippen LogP contribution in [0.15, 0.2) is 41.3 Å². The number of piperidine rings is 1. The number of benzene rings is 2. The second-order valence-corrected chi connectivity index (χ2v) is 12.0. The number of ether oxygens (including phenoxy) is 3. The molecule has 2 N–H and O–H groups in total. The number of nitrogens with two attached hydrogens (primary N) is 1. The van der Waals surface area contributed by atoms with Crippen molar-refractivity contribution >= 4 is 33.4 Å². The molecule has 2 saturated heterocycles. The minimum atomic E-state index is -4.04. The molecule has 2 amide bonds. The van der Waals surface area contributed by atoms with Crippen LogP contribution in [-0.4, -0.2) is 82.1 Å². The van der Waals surface area contributed by atoms with Crippen LogP contribution in [0.3, 0.4) is 0 Å². The van der Waals surface area contributed by atoms with Crippen molar-refractivity contribution in [2.45, 2.75) is 43.1 Å². The highest BCUT2D eigenvalue weighted by Gasteiger charge is 2.43. The SMILES string of the molecule is COc1ccc(S(N)(=O)=O)cc1C(=O)N1CCO[C@](COc2ccc(Cl)c(C)c2)(CC(=O)N2CCCCC2)C1. The molecule has 2 aliphatic heterocycles. The highest BCUT2D eigenvalue weighted by Crippen LogP contribution is 2.30. The van der Waals surface area contributed by atoms with Crippen molar-refractivity contribution in [2.75, 3.05) is 46.5 Å². The molecule has 0 aromatic heterocycles. The number of likely N-dealkylation sites (tertiary alicyclic amines) is 1. The van der Waals surface area contributed by atoms with Gasteiger partial charge >= 0.3 is 0 Å². The molecule has 0 unspecified atom stereocenters. The third-order valence-electron chi connectivity index (χ3n) is 7.08. The summed E-state index contributed by atoms with van der Waals surface area (Å²) in [4.78, 5) is 30.2. The second-order valence-electron chi connectivity index (χ2n) is 9.98. The fourth-order valence-corrected chi connectivity index (χ4v) is 5.57. The van der Waals surface area contributed by atoms with Crippen LogP contribution in [-0.2, 0) is 19.6 Å². The molecule has 212 valence electrons. The Hall–Kier alpha value is -2.86. The monoisotopic (exact) mass is 579 g/mol. The topological polar surface area (TPSA) is 128 Å². The molecule has 2 aliphatic rings. The summed E-state index contributed by atoms with van der Waals surface area (Å²) >= 11 is 6.16. The molecule has 2 heterocycles. The Bertz CT molecular complexity index is 1330. The van der Waals surface area contributed by atoms with Crippen LogP contribution in [0.5, 0.6) is 11.5 Å². The molecule has 0 saturated carbocycles. The number of methoxy groups -OCH3 is 1. The summed E-state index contributed by atoms with van der Waals surface area (Å²) in [5.41, 5.74) is -0.229. The van der Waals surface area contributed by atoms with Crippen LogP contribution < -0.4 is 14.6 Å². The minimum Gasteiger partial charge on any atom is -0.496 e. The van der Waals surface area contributed by atoms with E-state index in [0.717, 1.165) is 24.8 Å². The number of sulfonamides is 1. The number of amides is 2. The molecule has 2 fully saturated rings. The molecule has 10 nitrogen and oxygen atoms in total. The van der Waals surface area contributed by atoms with Crippen LogP contribution in [0, 0.1) is 6.92 Å². The van der Waals surface area contributed by atoms with E-state index in [4.69, 9.17) is 31.0 Å². The highest BCUT2D eigenvalue weighted by atomic mass is 35.5. The van der Waals surface area contributed by atoms with Crippen molar-refractivity contribution in [1.82, 2.24) is 9.80 Å². The Kier molecular flexibility index (Phi) is 9.05. The largest absolute Gasteiger partial charge is 0.496 e. The first-order chi connectivity index (χ1) is 18.5. The molecule has 0 aliphatic carbocycles. The van der Waals surface area contributed by atoms with Gasteiger partial charge in [0.25, 0.3) is 5.91 Å². The van der Waals surface area contributed by atoms with E-state index in [1.807, 2.05) is 11.8 Å². The average Bonchev–Trinajstić information content (AvgIpc) is 2.93. The smallest absolute Gasteiger partial charge is 0.257 e. The van der Waals surface area contributed by atoms with E-state index in [0.29, 0.717) is 23.9 Å². The molecule has 0 spiro atoms. The van der Waals surface area contributed by atoms with Crippen LogP contribution in [0.1, 0.15) is 41.6 Å². The van der Waals surface area contributed by atoms with Gasteiger partial charge in [0.2, 0.25) is 15.9 Å². The quantitative estimate of drug-likeness (QED) is 0.509. The summed E-state index contributed by atoms with van der Waals surface area (Å²) < 4.78 is 41.5. The van der Waals surface area contributed by atoms with Crippen molar-refractivity contribution in [3.8, 4) is 11.5 Å². The summed E-state index contributed by atoms with van der Waals surface area (Å²) in [6.07, 6.45) is 3.01. The molecular formula is C27H34ClN3O7S. The Morgan fingerprint density at radius 3 is 2.49 bits per heavy atom. The van der Waals surface area contributed by atoms with Crippen molar-refractivity contribution in [1.29, 1.82) is 0 Å². The maximum Gasteiger partial charge on any atom is 0.257 e. The first kappa shape index (κ1) is 29.1. The lowest BCUT2D eigenvalue weighted by Crippen LogP contribution is -2.58. The van der Waals surface area contributed by atoms with Gasteiger partial charge in [-0.1, -0.05) is 11.6 Å². The summed E-state index contributed by atoms with van der Waals surface area (Å²) in [5, 5.41) is 5.91. The van der Waals surface area contributed by atoms with Crippen LogP contribution in [0.4, 0.5) is 0 Å². The Morgan fingerprint density at radius 2 is 1.82 bits per heavy atom. The second kappa shape index (κ2) is 12.1. The van der Waals surface area contributed by atoms with Crippen LogP contribution in [0.25, 0.3) is 0 Å². The molecule has 2 aromatic carbocycles. The highest BCUT2D eigenvalue weighted by molar-refractivity contribution is 7.89. The van der Waals surface area contributed by atoms with E-state index in [-0.39, 0.29) is 54.8 Å². The van der Waals surface area contributed by atoms with E-state index in [9.17, 15) is 18.0 Å². The van der Waals surface area contributed by atoms with Crippen molar-refractivity contribution in [3.63, 3.8) is 0 Å². The zero-order chi connectivity index (χ0) is 28.2. The number of hydrogen-bond donors (Lipinski definition) is 1.